The maximum absolute atomic E-state index is 12.5. The number of hydrogen-bond donors (Lipinski definition) is 3. The summed E-state index contributed by atoms with van der Waals surface area (Å²) in [6.45, 7) is 4.84. The molecule has 0 aliphatic heterocycles. The molecule has 0 spiro atoms. The SMILES string of the molecule is CCCC/C=C\CCCCCCCC(=O)OCCCC/C=C\CCCCCCC(=O)NC(CO)C(O)CCCCCCCCCCCCCCCCCCCCCCCCCCC. The first-order valence-electron chi connectivity index (χ1n) is 28.1. The van der Waals surface area contributed by atoms with Crippen LogP contribution in [0.2, 0.25) is 0 Å². The maximum atomic E-state index is 12.5. The highest BCUT2D eigenvalue weighted by Gasteiger charge is 2.20. The van der Waals surface area contributed by atoms with Crippen LogP contribution in [0.1, 0.15) is 303 Å². The van der Waals surface area contributed by atoms with Crippen LogP contribution in [0.25, 0.3) is 0 Å². The van der Waals surface area contributed by atoms with Crippen LogP contribution in [0.3, 0.4) is 0 Å². The summed E-state index contributed by atoms with van der Waals surface area (Å²) in [7, 11) is 0. The van der Waals surface area contributed by atoms with E-state index in [9.17, 15) is 19.8 Å². The Labute approximate surface area is 392 Å². The van der Waals surface area contributed by atoms with Crippen LogP contribution in [-0.4, -0.2) is 47.4 Å². The zero-order valence-corrected chi connectivity index (χ0v) is 42.3. The largest absolute Gasteiger partial charge is 0.466 e. The topological polar surface area (TPSA) is 95.9 Å². The minimum absolute atomic E-state index is 0.0467. The Morgan fingerprint density at radius 2 is 0.762 bits per heavy atom. The number of esters is 1. The summed E-state index contributed by atoms with van der Waals surface area (Å²) >= 11 is 0. The lowest BCUT2D eigenvalue weighted by Gasteiger charge is -2.22. The number of allylic oxidation sites excluding steroid dienone is 4. The van der Waals surface area contributed by atoms with Crippen molar-refractivity contribution in [3.8, 4) is 0 Å². The van der Waals surface area contributed by atoms with Gasteiger partial charge in [-0.25, -0.2) is 0 Å². The summed E-state index contributed by atoms with van der Waals surface area (Å²) in [4.78, 5) is 24.5. The second kappa shape index (κ2) is 53.0. The van der Waals surface area contributed by atoms with E-state index in [0.717, 1.165) is 77.0 Å². The van der Waals surface area contributed by atoms with Gasteiger partial charge in [0.05, 0.1) is 25.4 Å². The Hall–Kier alpha value is -1.66. The van der Waals surface area contributed by atoms with Gasteiger partial charge in [-0.15, -0.1) is 0 Å². The first-order valence-corrected chi connectivity index (χ1v) is 28.1. The molecule has 1 amide bonds. The molecular formula is C57H109NO5. The number of rotatable bonds is 52. The number of aliphatic hydroxyl groups excluding tert-OH is 2. The van der Waals surface area contributed by atoms with Crippen LogP contribution >= 0.6 is 0 Å². The molecule has 63 heavy (non-hydrogen) atoms. The van der Waals surface area contributed by atoms with E-state index in [1.807, 2.05) is 0 Å². The average Bonchev–Trinajstić information content (AvgIpc) is 3.28. The standard InChI is InChI=1S/C57H109NO5/c1-3-5-7-9-11-13-15-16-17-18-19-20-21-22-23-24-25-26-27-28-30-33-37-41-45-49-55(60)54(53-59)58-56(61)50-46-42-38-34-31-32-36-40-44-48-52-63-57(62)51-47-43-39-35-29-14-12-10-8-6-4-2/h10,12,32,36,54-55,59-60H,3-9,11,13-31,33-35,37-53H2,1-2H3,(H,58,61)/b12-10-,36-32-. The molecule has 0 aliphatic carbocycles. The second-order valence-corrected chi connectivity index (χ2v) is 19.3. The Morgan fingerprint density at radius 3 is 1.17 bits per heavy atom. The number of unbranched alkanes of at least 4 members (excludes halogenated alkanes) is 37. The Kier molecular flexibility index (Phi) is 51.6. The fourth-order valence-corrected chi connectivity index (χ4v) is 8.62. The molecule has 0 radical (unpaired) electrons. The molecule has 0 aliphatic rings. The molecule has 372 valence electrons. The Bertz CT molecular complexity index is 982. The molecular weight excluding hydrogens is 779 g/mol. The van der Waals surface area contributed by atoms with Gasteiger partial charge in [0.15, 0.2) is 0 Å². The average molecular weight is 889 g/mol. The van der Waals surface area contributed by atoms with Crippen molar-refractivity contribution in [3.63, 3.8) is 0 Å². The van der Waals surface area contributed by atoms with Gasteiger partial charge < -0.3 is 20.3 Å². The van der Waals surface area contributed by atoms with E-state index in [1.54, 1.807) is 0 Å². The molecule has 0 bridgehead atoms. The van der Waals surface area contributed by atoms with E-state index in [-0.39, 0.29) is 18.5 Å². The van der Waals surface area contributed by atoms with Gasteiger partial charge in [-0.2, -0.15) is 0 Å². The van der Waals surface area contributed by atoms with Crippen molar-refractivity contribution in [2.75, 3.05) is 13.2 Å². The normalized spacial score (nSPS) is 12.8. The molecule has 0 rings (SSSR count). The fraction of sp³-hybridized carbons (Fsp3) is 0.895. The molecule has 0 heterocycles. The van der Waals surface area contributed by atoms with Crippen LogP contribution in [0, 0.1) is 0 Å². The highest BCUT2D eigenvalue weighted by atomic mass is 16.5. The number of aliphatic hydroxyl groups is 2. The predicted octanol–water partition coefficient (Wildman–Crippen LogP) is 17.1. The fourth-order valence-electron chi connectivity index (χ4n) is 8.62. The maximum Gasteiger partial charge on any atom is 0.305 e. The molecule has 2 unspecified atom stereocenters. The van der Waals surface area contributed by atoms with Gasteiger partial charge in [-0.3, -0.25) is 9.59 Å². The van der Waals surface area contributed by atoms with Gasteiger partial charge in [0, 0.05) is 12.8 Å². The van der Waals surface area contributed by atoms with Crippen LogP contribution in [0.4, 0.5) is 0 Å². The number of nitrogens with one attached hydrogen (secondary N) is 1. The monoisotopic (exact) mass is 888 g/mol. The van der Waals surface area contributed by atoms with Crippen molar-refractivity contribution in [1.29, 1.82) is 0 Å². The van der Waals surface area contributed by atoms with E-state index in [4.69, 9.17) is 4.74 Å². The highest BCUT2D eigenvalue weighted by molar-refractivity contribution is 5.76. The summed E-state index contributed by atoms with van der Waals surface area (Å²) < 4.78 is 5.41. The molecule has 0 saturated heterocycles. The molecule has 0 aromatic heterocycles. The summed E-state index contributed by atoms with van der Waals surface area (Å²) in [5.74, 6) is -0.116. The van der Waals surface area contributed by atoms with Crippen LogP contribution in [-0.2, 0) is 14.3 Å². The van der Waals surface area contributed by atoms with Gasteiger partial charge in [-0.05, 0) is 70.6 Å². The van der Waals surface area contributed by atoms with Crippen molar-refractivity contribution >= 4 is 11.9 Å². The summed E-state index contributed by atoms with van der Waals surface area (Å²) in [6, 6.07) is -0.568. The molecule has 0 fully saturated rings. The molecule has 6 heteroatoms. The summed E-state index contributed by atoms with van der Waals surface area (Å²) in [5, 5.41) is 23.3. The van der Waals surface area contributed by atoms with Gasteiger partial charge in [-0.1, -0.05) is 244 Å². The number of ether oxygens (including phenoxy) is 1. The molecule has 0 aromatic carbocycles. The lowest BCUT2D eigenvalue weighted by Crippen LogP contribution is -2.45. The zero-order chi connectivity index (χ0) is 45.8. The first-order chi connectivity index (χ1) is 31.0. The summed E-state index contributed by atoms with van der Waals surface area (Å²) in [6.07, 6.45) is 63.2. The third kappa shape index (κ3) is 49.6. The smallest absolute Gasteiger partial charge is 0.305 e. The summed E-state index contributed by atoms with van der Waals surface area (Å²) in [5.41, 5.74) is 0. The van der Waals surface area contributed by atoms with Crippen LogP contribution < -0.4 is 5.32 Å². The van der Waals surface area contributed by atoms with Gasteiger partial charge >= 0.3 is 5.97 Å². The molecule has 0 aromatic rings. The highest BCUT2D eigenvalue weighted by Crippen LogP contribution is 2.17. The van der Waals surface area contributed by atoms with Gasteiger partial charge in [0.25, 0.3) is 0 Å². The minimum Gasteiger partial charge on any atom is -0.466 e. The van der Waals surface area contributed by atoms with Gasteiger partial charge in [0.1, 0.15) is 0 Å². The number of carbonyl (C=O) groups is 2. The van der Waals surface area contributed by atoms with E-state index >= 15 is 0 Å². The van der Waals surface area contributed by atoms with E-state index in [1.165, 1.54) is 193 Å². The lowest BCUT2D eigenvalue weighted by atomic mass is 10.0. The Balaban J connectivity index is 3.50. The lowest BCUT2D eigenvalue weighted by molar-refractivity contribution is -0.143. The number of carbonyl (C=O) groups excluding carboxylic acids is 2. The quantitative estimate of drug-likeness (QED) is 0.0321. The number of hydrogen-bond acceptors (Lipinski definition) is 5. The van der Waals surface area contributed by atoms with Crippen molar-refractivity contribution in [3.05, 3.63) is 24.3 Å². The second-order valence-electron chi connectivity index (χ2n) is 19.3. The molecule has 2 atom stereocenters. The van der Waals surface area contributed by atoms with Gasteiger partial charge in [0.2, 0.25) is 5.91 Å². The van der Waals surface area contributed by atoms with Crippen molar-refractivity contribution < 1.29 is 24.5 Å². The zero-order valence-electron chi connectivity index (χ0n) is 42.3. The minimum atomic E-state index is -0.687. The third-order valence-electron chi connectivity index (χ3n) is 13.0. The van der Waals surface area contributed by atoms with E-state index in [0.29, 0.717) is 25.9 Å². The third-order valence-corrected chi connectivity index (χ3v) is 13.0. The first kappa shape index (κ1) is 61.3. The predicted molar refractivity (Wildman–Crippen MR) is 273 cm³/mol. The molecule has 6 nitrogen and oxygen atoms in total. The van der Waals surface area contributed by atoms with Crippen LogP contribution in [0.15, 0.2) is 24.3 Å². The van der Waals surface area contributed by atoms with E-state index in [2.05, 4.69) is 43.5 Å². The Morgan fingerprint density at radius 1 is 0.429 bits per heavy atom. The van der Waals surface area contributed by atoms with Crippen molar-refractivity contribution in [2.24, 2.45) is 0 Å². The van der Waals surface area contributed by atoms with Crippen molar-refractivity contribution in [1.82, 2.24) is 5.32 Å². The molecule has 3 N–H and O–H groups in total. The van der Waals surface area contributed by atoms with Crippen molar-refractivity contribution in [2.45, 2.75) is 315 Å². The van der Waals surface area contributed by atoms with E-state index < -0.39 is 12.1 Å². The van der Waals surface area contributed by atoms with Crippen LogP contribution in [0.5, 0.6) is 0 Å². The molecule has 0 saturated carbocycles. The number of amides is 1.